The Bertz CT molecular complexity index is 712. The van der Waals surface area contributed by atoms with Crippen molar-refractivity contribution in [2.45, 2.75) is 26.4 Å². The number of nitrogens with one attached hydrogen (secondary N) is 1. The van der Waals surface area contributed by atoms with Crippen molar-refractivity contribution in [3.63, 3.8) is 0 Å². The average molecular weight is 305 g/mol. The molecule has 1 unspecified atom stereocenters. The molecule has 7 heteroatoms. The quantitative estimate of drug-likeness (QED) is 0.883. The van der Waals surface area contributed by atoms with Crippen LogP contribution in [0.3, 0.4) is 0 Å². The lowest BCUT2D eigenvalue weighted by atomic mass is 10.1. The van der Waals surface area contributed by atoms with Gasteiger partial charge in [0.05, 0.1) is 17.8 Å². The molecule has 2 rings (SSSR count). The minimum atomic E-state index is -1.10. The van der Waals surface area contributed by atoms with Crippen molar-refractivity contribution < 1.29 is 19.1 Å². The summed E-state index contributed by atoms with van der Waals surface area (Å²) in [6.07, 6.45) is 2.45. The highest BCUT2D eigenvalue weighted by atomic mass is 19.1. The van der Waals surface area contributed by atoms with Crippen LogP contribution in [-0.4, -0.2) is 26.8 Å². The van der Waals surface area contributed by atoms with Crippen molar-refractivity contribution in [3.05, 3.63) is 53.1 Å². The Kier molecular flexibility index (Phi) is 4.55. The molecule has 0 bridgehead atoms. The summed E-state index contributed by atoms with van der Waals surface area (Å²) in [5, 5.41) is 15.3. The number of benzene rings is 1. The molecule has 2 N–H and O–H groups in total. The van der Waals surface area contributed by atoms with Gasteiger partial charge in [-0.1, -0.05) is 12.1 Å². The first-order valence-corrected chi connectivity index (χ1v) is 6.68. The van der Waals surface area contributed by atoms with E-state index in [-0.39, 0.29) is 29.9 Å². The van der Waals surface area contributed by atoms with Crippen LogP contribution in [0.25, 0.3) is 0 Å². The van der Waals surface area contributed by atoms with E-state index in [1.807, 2.05) is 0 Å². The fourth-order valence-electron chi connectivity index (χ4n) is 1.96. The maximum absolute atomic E-state index is 13.5. The Morgan fingerprint density at radius 3 is 2.77 bits per heavy atom. The molecule has 22 heavy (non-hydrogen) atoms. The van der Waals surface area contributed by atoms with Crippen molar-refractivity contribution in [1.82, 2.24) is 15.1 Å². The zero-order chi connectivity index (χ0) is 16.3. The highest BCUT2D eigenvalue weighted by molar-refractivity contribution is 5.87. The summed E-state index contributed by atoms with van der Waals surface area (Å²) >= 11 is 0. The molecule has 0 saturated heterocycles. The highest BCUT2D eigenvalue weighted by Gasteiger charge is 2.13. The van der Waals surface area contributed by atoms with E-state index >= 15 is 0 Å². The molecular weight excluding hydrogens is 289 g/mol. The number of carbonyl (C=O) groups excluding carboxylic acids is 1. The number of carbonyl (C=O) groups is 2. The summed E-state index contributed by atoms with van der Waals surface area (Å²) < 4.78 is 14.8. The lowest BCUT2D eigenvalue weighted by Crippen LogP contribution is -2.30. The molecule has 0 saturated carbocycles. The summed E-state index contributed by atoms with van der Waals surface area (Å²) in [5.74, 6) is -1.76. The molecule has 1 amide bonds. The normalized spacial score (nSPS) is 12.0. The molecule has 0 radical (unpaired) electrons. The second kappa shape index (κ2) is 6.38. The predicted molar refractivity (Wildman–Crippen MR) is 76.9 cm³/mol. The largest absolute Gasteiger partial charge is 0.478 e. The Hall–Kier alpha value is -2.70. The van der Waals surface area contributed by atoms with Gasteiger partial charge in [0.1, 0.15) is 12.4 Å². The predicted octanol–water partition coefficient (Wildman–Crippen LogP) is 1.91. The monoisotopic (exact) mass is 305 g/mol. The van der Waals surface area contributed by atoms with Crippen molar-refractivity contribution >= 4 is 11.9 Å². The fourth-order valence-corrected chi connectivity index (χ4v) is 1.96. The number of halogens is 1. The molecule has 0 spiro atoms. The SMILES string of the molecule is Cc1ccc(C(C)NC(=O)Cn2cc(C(=O)O)cn2)cc1F. The fraction of sp³-hybridized carbons (Fsp3) is 0.267. The zero-order valence-corrected chi connectivity index (χ0v) is 12.2. The molecule has 0 fully saturated rings. The Labute approximate surface area is 126 Å². The van der Waals surface area contributed by atoms with Gasteiger partial charge in [0.15, 0.2) is 0 Å². The second-order valence-electron chi connectivity index (χ2n) is 5.03. The molecule has 116 valence electrons. The van der Waals surface area contributed by atoms with Crippen LogP contribution in [0.15, 0.2) is 30.6 Å². The minimum Gasteiger partial charge on any atom is -0.478 e. The third-order valence-electron chi connectivity index (χ3n) is 3.26. The van der Waals surface area contributed by atoms with Crippen molar-refractivity contribution in [1.29, 1.82) is 0 Å². The molecule has 0 aliphatic rings. The Morgan fingerprint density at radius 1 is 1.45 bits per heavy atom. The van der Waals surface area contributed by atoms with Crippen molar-refractivity contribution in [3.8, 4) is 0 Å². The van der Waals surface area contributed by atoms with Crippen molar-refractivity contribution in [2.75, 3.05) is 0 Å². The molecule has 1 aromatic carbocycles. The van der Waals surface area contributed by atoms with E-state index in [4.69, 9.17) is 5.11 Å². The number of amides is 1. The van der Waals surface area contributed by atoms with E-state index in [1.165, 1.54) is 23.1 Å². The first kappa shape index (κ1) is 15.7. The summed E-state index contributed by atoms with van der Waals surface area (Å²) in [5.41, 5.74) is 1.21. The lowest BCUT2D eigenvalue weighted by Gasteiger charge is -2.15. The number of rotatable bonds is 5. The second-order valence-corrected chi connectivity index (χ2v) is 5.03. The van der Waals surface area contributed by atoms with E-state index in [9.17, 15) is 14.0 Å². The van der Waals surface area contributed by atoms with Gasteiger partial charge in [0.2, 0.25) is 5.91 Å². The maximum atomic E-state index is 13.5. The van der Waals surface area contributed by atoms with Gasteiger partial charge in [-0.2, -0.15) is 5.10 Å². The highest BCUT2D eigenvalue weighted by Crippen LogP contribution is 2.16. The molecule has 1 aromatic heterocycles. The summed E-state index contributed by atoms with van der Waals surface area (Å²) in [6, 6.07) is 4.42. The van der Waals surface area contributed by atoms with Crippen LogP contribution in [0, 0.1) is 12.7 Å². The van der Waals surface area contributed by atoms with Crippen LogP contribution in [0.4, 0.5) is 4.39 Å². The number of carboxylic acids is 1. The summed E-state index contributed by atoms with van der Waals surface area (Å²) in [6.45, 7) is 3.31. The van der Waals surface area contributed by atoms with Crippen LogP contribution in [0.2, 0.25) is 0 Å². The van der Waals surface area contributed by atoms with Crippen LogP contribution >= 0.6 is 0 Å². The van der Waals surface area contributed by atoms with E-state index in [0.717, 1.165) is 0 Å². The van der Waals surface area contributed by atoms with Gasteiger partial charge in [0.25, 0.3) is 0 Å². The van der Waals surface area contributed by atoms with Crippen LogP contribution in [0.1, 0.15) is 34.5 Å². The van der Waals surface area contributed by atoms with E-state index < -0.39 is 5.97 Å². The molecule has 6 nitrogen and oxygen atoms in total. The number of nitrogens with zero attached hydrogens (tertiary/aromatic N) is 2. The van der Waals surface area contributed by atoms with Gasteiger partial charge in [0, 0.05) is 6.20 Å². The summed E-state index contributed by atoms with van der Waals surface area (Å²) in [7, 11) is 0. The number of aromatic nitrogens is 2. The number of hydrogen-bond acceptors (Lipinski definition) is 3. The molecule has 1 atom stereocenters. The van der Waals surface area contributed by atoms with Gasteiger partial charge >= 0.3 is 5.97 Å². The third-order valence-corrected chi connectivity index (χ3v) is 3.26. The van der Waals surface area contributed by atoms with Crippen LogP contribution in [0.5, 0.6) is 0 Å². The lowest BCUT2D eigenvalue weighted by molar-refractivity contribution is -0.122. The van der Waals surface area contributed by atoms with Gasteiger partial charge in [-0.15, -0.1) is 0 Å². The van der Waals surface area contributed by atoms with E-state index in [2.05, 4.69) is 10.4 Å². The zero-order valence-electron chi connectivity index (χ0n) is 12.2. The molecule has 2 aromatic rings. The third kappa shape index (κ3) is 3.69. The van der Waals surface area contributed by atoms with Crippen LogP contribution in [-0.2, 0) is 11.3 Å². The summed E-state index contributed by atoms with van der Waals surface area (Å²) in [4.78, 5) is 22.6. The minimum absolute atomic E-state index is 0.0152. The molecule has 0 aliphatic heterocycles. The van der Waals surface area contributed by atoms with Gasteiger partial charge < -0.3 is 10.4 Å². The molecular formula is C15H16FN3O3. The number of aromatic carboxylic acids is 1. The average Bonchev–Trinajstić information content (AvgIpc) is 2.90. The van der Waals surface area contributed by atoms with Gasteiger partial charge in [-0.3, -0.25) is 9.48 Å². The first-order chi connectivity index (χ1) is 10.4. The number of hydrogen-bond donors (Lipinski definition) is 2. The number of carboxylic acid groups (broad SMARTS) is 1. The standard InChI is InChI=1S/C15H16FN3O3/c1-9-3-4-11(5-13(9)16)10(2)18-14(20)8-19-7-12(6-17-19)15(21)22/h3-7,10H,8H2,1-2H3,(H,18,20)(H,21,22). The topological polar surface area (TPSA) is 84.2 Å². The molecule has 0 aliphatic carbocycles. The number of aryl methyl sites for hydroxylation is 1. The maximum Gasteiger partial charge on any atom is 0.338 e. The Morgan fingerprint density at radius 2 is 2.18 bits per heavy atom. The van der Waals surface area contributed by atoms with Crippen LogP contribution < -0.4 is 5.32 Å². The Balaban J connectivity index is 1.98. The van der Waals surface area contributed by atoms with Gasteiger partial charge in [-0.05, 0) is 31.0 Å². The van der Waals surface area contributed by atoms with Crippen molar-refractivity contribution in [2.24, 2.45) is 0 Å². The van der Waals surface area contributed by atoms with E-state index in [1.54, 1.807) is 26.0 Å². The molecule has 1 heterocycles. The smallest absolute Gasteiger partial charge is 0.338 e. The first-order valence-electron chi connectivity index (χ1n) is 6.68. The van der Waals surface area contributed by atoms with E-state index in [0.29, 0.717) is 11.1 Å². The van der Waals surface area contributed by atoms with Gasteiger partial charge in [-0.25, -0.2) is 9.18 Å².